The van der Waals surface area contributed by atoms with E-state index in [4.69, 9.17) is 9.47 Å². The Bertz CT molecular complexity index is 1290. The standard InChI is InChI=1S/C36H46O6Si/c1-4-5-21-43(2,3)34-18-14-32(15-19-34)30-10-8-29(9-11-30)31-12-16-33(17-13-31)41-20-6-7-27(24-37)25-40-26-28-22-35(38)42-36(39)23-28/h8-19,27-28,37H,4-7,20-26H2,1-3H3. The molecule has 1 aliphatic heterocycles. The monoisotopic (exact) mass is 602 g/mol. The molecule has 0 aromatic heterocycles. The molecule has 7 heteroatoms. The molecule has 1 fully saturated rings. The molecule has 3 aromatic carbocycles. The number of rotatable bonds is 16. The molecule has 1 saturated heterocycles. The van der Waals surface area contributed by atoms with Gasteiger partial charge in [0.2, 0.25) is 0 Å². The summed E-state index contributed by atoms with van der Waals surface area (Å²) in [6.07, 6.45) is 4.50. The molecule has 43 heavy (non-hydrogen) atoms. The highest BCUT2D eigenvalue weighted by atomic mass is 28.3. The minimum absolute atomic E-state index is 0.0161. The van der Waals surface area contributed by atoms with Gasteiger partial charge in [-0.05, 0) is 47.2 Å². The van der Waals surface area contributed by atoms with Gasteiger partial charge in [0, 0.05) is 18.4 Å². The van der Waals surface area contributed by atoms with Gasteiger partial charge in [-0.1, -0.05) is 105 Å². The first kappa shape index (κ1) is 32.6. The molecule has 1 atom stereocenters. The summed E-state index contributed by atoms with van der Waals surface area (Å²) in [7, 11) is -1.36. The van der Waals surface area contributed by atoms with Crippen LogP contribution in [0.1, 0.15) is 45.4 Å². The lowest BCUT2D eigenvalue weighted by molar-refractivity contribution is -0.166. The highest BCUT2D eigenvalue weighted by Crippen LogP contribution is 2.27. The number of hydrogen-bond acceptors (Lipinski definition) is 6. The van der Waals surface area contributed by atoms with Crippen LogP contribution in [0.15, 0.2) is 72.8 Å². The van der Waals surface area contributed by atoms with E-state index in [-0.39, 0.29) is 31.3 Å². The molecule has 1 unspecified atom stereocenters. The van der Waals surface area contributed by atoms with Crippen molar-refractivity contribution >= 4 is 25.2 Å². The summed E-state index contributed by atoms with van der Waals surface area (Å²) in [5, 5.41) is 11.2. The van der Waals surface area contributed by atoms with E-state index in [1.54, 1.807) is 0 Å². The number of unbranched alkanes of at least 4 members (excludes halogenated alkanes) is 1. The minimum Gasteiger partial charge on any atom is -0.494 e. The van der Waals surface area contributed by atoms with Gasteiger partial charge >= 0.3 is 11.9 Å². The van der Waals surface area contributed by atoms with Crippen molar-refractivity contribution in [1.82, 2.24) is 0 Å². The van der Waals surface area contributed by atoms with E-state index in [1.165, 1.54) is 40.8 Å². The maximum absolute atomic E-state index is 11.4. The van der Waals surface area contributed by atoms with Crippen molar-refractivity contribution in [2.45, 2.75) is 64.6 Å². The summed E-state index contributed by atoms with van der Waals surface area (Å²) in [4.78, 5) is 22.8. The molecule has 1 heterocycles. The maximum atomic E-state index is 11.4. The lowest BCUT2D eigenvalue weighted by Crippen LogP contribution is -2.40. The maximum Gasteiger partial charge on any atom is 0.313 e. The van der Waals surface area contributed by atoms with E-state index in [2.05, 4.69) is 85.4 Å². The average Bonchev–Trinajstić information content (AvgIpc) is 3.01. The fourth-order valence-corrected chi connectivity index (χ4v) is 8.13. The molecule has 0 spiro atoms. The second-order valence-corrected chi connectivity index (χ2v) is 17.2. The van der Waals surface area contributed by atoms with Crippen molar-refractivity contribution in [2.75, 3.05) is 26.4 Å². The predicted octanol–water partition coefficient (Wildman–Crippen LogP) is 7.00. The fraction of sp³-hybridized carbons (Fsp3) is 0.444. The summed E-state index contributed by atoms with van der Waals surface area (Å²) in [5.74, 6) is -0.337. The lowest BCUT2D eigenvalue weighted by atomic mass is 10.0. The fourth-order valence-electron chi connectivity index (χ4n) is 5.54. The Labute approximate surface area is 257 Å². The van der Waals surface area contributed by atoms with E-state index >= 15 is 0 Å². The molecular formula is C36H46O6Si. The number of hydrogen-bond donors (Lipinski definition) is 1. The summed E-state index contributed by atoms with van der Waals surface area (Å²) in [6, 6.07) is 27.4. The summed E-state index contributed by atoms with van der Waals surface area (Å²) < 4.78 is 16.2. The second kappa shape index (κ2) is 16.0. The van der Waals surface area contributed by atoms with Gasteiger partial charge in [-0.3, -0.25) is 9.59 Å². The van der Waals surface area contributed by atoms with Crippen LogP contribution < -0.4 is 9.92 Å². The molecule has 0 aliphatic carbocycles. The Hall–Kier alpha value is -3.26. The highest BCUT2D eigenvalue weighted by Gasteiger charge is 2.27. The van der Waals surface area contributed by atoms with Crippen LogP contribution in [0.3, 0.4) is 0 Å². The van der Waals surface area contributed by atoms with E-state index < -0.39 is 20.0 Å². The third-order valence-electron chi connectivity index (χ3n) is 8.36. The van der Waals surface area contributed by atoms with Gasteiger partial charge in [-0.25, -0.2) is 0 Å². The van der Waals surface area contributed by atoms with E-state index in [0.717, 1.165) is 24.2 Å². The number of aliphatic hydroxyl groups is 1. The lowest BCUT2D eigenvalue weighted by Gasteiger charge is -2.23. The molecule has 0 saturated carbocycles. The van der Waals surface area contributed by atoms with E-state index in [0.29, 0.717) is 19.8 Å². The smallest absolute Gasteiger partial charge is 0.313 e. The number of benzene rings is 3. The molecule has 3 aromatic rings. The summed E-state index contributed by atoms with van der Waals surface area (Å²) >= 11 is 0. The number of carbonyl (C=O) groups is 2. The van der Waals surface area contributed by atoms with Gasteiger partial charge < -0.3 is 19.3 Å². The largest absolute Gasteiger partial charge is 0.494 e. The van der Waals surface area contributed by atoms with Crippen LogP contribution in [0.2, 0.25) is 19.1 Å². The van der Waals surface area contributed by atoms with Crippen molar-refractivity contribution < 1.29 is 28.9 Å². The zero-order chi connectivity index (χ0) is 30.7. The molecule has 6 nitrogen and oxygen atoms in total. The third-order valence-corrected chi connectivity index (χ3v) is 11.9. The first-order valence-electron chi connectivity index (χ1n) is 15.6. The van der Waals surface area contributed by atoms with Gasteiger partial charge in [-0.2, -0.15) is 0 Å². The average molecular weight is 603 g/mol. The van der Waals surface area contributed by atoms with Gasteiger partial charge in [0.1, 0.15) is 5.75 Å². The van der Waals surface area contributed by atoms with Crippen LogP contribution >= 0.6 is 0 Å². The van der Waals surface area contributed by atoms with Crippen molar-refractivity contribution in [2.24, 2.45) is 11.8 Å². The minimum atomic E-state index is -1.36. The molecule has 1 N–H and O–H groups in total. The Morgan fingerprint density at radius 2 is 1.37 bits per heavy atom. The zero-order valence-corrected chi connectivity index (χ0v) is 26.8. The van der Waals surface area contributed by atoms with E-state index in [9.17, 15) is 14.7 Å². The van der Waals surface area contributed by atoms with Crippen LogP contribution in [-0.2, 0) is 19.1 Å². The van der Waals surface area contributed by atoms with Crippen LogP contribution in [0.4, 0.5) is 0 Å². The molecule has 230 valence electrons. The third kappa shape index (κ3) is 9.88. The molecule has 1 aliphatic rings. The normalized spacial score (nSPS) is 14.9. The molecular weight excluding hydrogens is 556 g/mol. The second-order valence-electron chi connectivity index (χ2n) is 12.4. The van der Waals surface area contributed by atoms with Gasteiger partial charge in [0.15, 0.2) is 0 Å². The predicted molar refractivity (Wildman–Crippen MR) is 174 cm³/mol. The SMILES string of the molecule is CCCC[Si](C)(C)c1ccc(-c2ccc(-c3ccc(OCCCC(CO)COCC4CC(=O)OC(=O)C4)cc3)cc2)cc1. The van der Waals surface area contributed by atoms with E-state index in [1.807, 2.05) is 12.1 Å². The van der Waals surface area contributed by atoms with Crippen LogP contribution in [0, 0.1) is 11.8 Å². The number of carbonyl (C=O) groups excluding carboxylic acids is 2. The number of aliphatic hydroxyl groups excluding tert-OH is 1. The molecule has 0 amide bonds. The van der Waals surface area contributed by atoms with Crippen molar-refractivity contribution in [3.8, 4) is 28.0 Å². The van der Waals surface area contributed by atoms with Gasteiger partial charge in [0.05, 0.1) is 40.7 Å². The summed E-state index contributed by atoms with van der Waals surface area (Å²) in [6.45, 7) is 8.47. The van der Waals surface area contributed by atoms with Crippen LogP contribution in [0.25, 0.3) is 22.3 Å². The first-order chi connectivity index (χ1) is 20.8. The van der Waals surface area contributed by atoms with Crippen molar-refractivity contribution in [3.63, 3.8) is 0 Å². The van der Waals surface area contributed by atoms with Crippen molar-refractivity contribution in [3.05, 3.63) is 72.8 Å². The summed E-state index contributed by atoms with van der Waals surface area (Å²) in [5.41, 5.74) is 4.79. The molecule has 0 bridgehead atoms. The van der Waals surface area contributed by atoms with Gasteiger partial charge in [0.25, 0.3) is 0 Å². The number of esters is 2. The Morgan fingerprint density at radius 1 is 0.837 bits per heavy atom. The molecule has 0 radical (unpaired) electrons. The first-order valence-corrected chi connectivity index (χ1v) is 18.8. The quantitative estimate of drug-likeness (QED) is 0.0823. The topological polar surface area (TPSA) is 82.1 Å². The van der Waals surface area contributed by atoms with Crippen molar-refractivity contribution in [1.29, 1.82) is 0 Å². The van der Waals surface area contributed by atoms with Crippen LogP contribution in [0.5, 0.6) is 5.75 Å². The van der Waals surface area contributed by atoms with Gasteiger partial charge in [-0.15, -0.1) is 0 Å². The highest BCUT2D eigenvalue weighted by molar-refractivity contribution is 6.89. The van der Waals surface area contributed by atoms with Crippen LogP contribution in [-0.4, -0.2) is 51.5 Å². The number of ether oxygens (including phenoxy) is 3. The Morgan fingerprint density at radius 3 is 1.91 bits per heavy atom. The number of cyclic esters (lactones) is 2. The molecule has 4 rings (SSSR count). The Kier molecular flexibility index (Phi) is 12.1. The zero-order valence-electron chi connectivity index (χ0n) is 25.8. The Balaban J connectivity index is 1.20.